The molecule has 0 saturated heterocycles. The molecule has 0 N–H and O–H groups in total. The van der Waals surface area contributed by atoms with Crippen LogP contribution in [0.5, 0.6) is 0 Å². The Morgan fingerprint density at radius 2 is 1.58 bits per heavy atom. The van der Waals surface area contributed by atoms with Crippen molar-refractivity contribution in [1.82, 2.24) is 0 Å². The van der Waals surface area contributed by atoms with Crippen LogP contribution in [0, 0.1) is 20.8 Å². The van der Waals surface area contributed by atoms with Gasteiger partial charge >= 0.3 is 0 Å². The van der Waals surface area contributed by atoms with Gasteiger partial charge in [0.2, 0.25) is 0 Å². The van der Waals surface area contributed by atoms with Gasteiger partial charge in [0.05, 0.1) is 5.38 Å². The molecule has 0 spiro atoms. The summed E-state index contributed by atoms with van der Waals surface area (Å²) in [5.41, 5.74) is 7.69. The summed E-state index contributed by atoms with van der Waals surface area (Å²) in [6.07, 6.45) is 1.02. The zero-order valence-corrected chi connectivity index (χ0v) is 12.9. The van der Waals surface area contributed by atoms with Gasteiger partial charge in [0.1, 0.15) is 0 Å². The molecule has 2 rings (SSSR count). The van der Waals surface area contributed by atoms with E-state index in [9.17, 15) is 0 Å². The maximum atomic E-state index is 6.78. The SMILES string of the molecule is CCc1ccccc1C(Cl)c1c(C)cc(C)cc1C. The molecule has 1 heteroatoms. The highest BCUT2D eigenvalue weighted by molar-refractivity contribution is 6.23. The fourth-order valence-electron chi connectivity index (χ4n) is 2.85. The van der Waals surface area contributed by atoms with Gasteiger partial charge in [0.25, 0.3) is 0 Å². The highest BCUT2D eigenvalue weighted by atomic mass is 35.5. The van der Waals surface area contributed by atoms with Crippen LogP contribution in [-0.2, 0) is 6.42 Å². The maximum Gasteiger partial charge on any atom is 0.0843 e. The molecule has 0 aromatic heterocycles. The average molecular weight is 273 g/mol. The Labute approximate surface area is 121 Å². The summed E-state index contributed by atoms with van der Waals surface area (Å²) in [5, 5.41) is -0.0586. The Balaban J connectivity index is 2.53. The van der Waals surface area contributed by atoms with Crippen molar-refractivity contribution >= 4 is 11.6 Å². The monoisotopic (exact) mass is 272 g/mol. The van der Waals surface area contributed by atoms with Gasteiger partial charge in [-0.15, -0.1) is 11.6 Å². The molecule has 2 aromatic rings. The molecule has 0 heterocycles. The van der Waals surface area contributed by atoms with Gasteiger partial charge in [-0.05, 0) is 55.0 Å². The van der Waals surface area contributed by atoms with Crippen LogP contribution in [0.4, 0.5) is 0 Å². The first-order valence-corrected chi connectivity index (χ1v) is 7.27. The molecule has 0 radical (unpaired) electrons. The van der Waals surface area contributed by atoms with Gasteiger partial charge in [-0.25, -0.2) is 0 Å². The van der Waals surface area contributed by atoms with Crippen molar-refractivity contribution in [1.29, 1.82) is 0 Å². The highest BCUT2D eigenvalue weighted by Crippen LogP contribution is 2.35. The predicted octanol–water partition coefficient (Wildman–Crippen LogP) is 5.50. The van der Waals surface area contributed by atoms with Crippen molar-refractivity contribution in [3.05, 3.63) is 69.8 Å². The van der Waals surface area contributed by atoms with Crippen LogP contribution in [0.3, 0.4) is 0 Å². The van der Waals surface area contributed by atoms with E-state index in [4.69, 9.17) is 11.6 Å². The standard InChI is InChI=1S/C18H21Cl/c1-5-15-8-6-7-9-16(15)18(19)17-13(3)10-12(2)11-14(17)4/h6-11,18H,5H2,1-4H3. The van der Waals surface area contributed by atoms with Crippen molar-refractivity contribution in [2.75, 3.05) is 0 Å². The van der Waals surface area contributed by atoms with Crippen LogP contribution >= 0.6 is 11.6 Å². The Kier molecular flexibility index (Phi) is 4.31. The summed E-state index contributed by atoms with van der Waals surface area (Å²) in [5.74, 6) is 0. The van der Waals surface area contributed by atoms with E-state index in [1.165, 1.54) is 33.4 Å². The van der Waals surface area contributed by atoms with Crippen LogP contribution < -0.4 is 0 Å². The molecule has 1 atom stereocenters. The Morgan fingerprint density at radius 1 is 1.00 bits per heavy atom. The summed E-state index contributed by atoms with van der Waals surface area (Å²) < 4.78 is 0. The van der Waals surface area contributed by atoms with Crippen molar-refractivity contribution < 1.29 is 0 Å². The minimum absolute atomic E-state index is 0.0586. The largest absolute Gasteiger partial charge is 0.113 e. The van der Waals surface area contributed by atoms with Crippen molar-refractivity contribution in [2.24, 2.45) is 0 Å². The van der Waals surface area contributed by atoms with Crippen molar-refractivity contribution in [3.8, 4) is 0 Å². The van der Waals surface area contributed by atoms with Crippen molar-refractivity contribution in [3.63, 3.8) is 0 Å². The molecule has 0 aliphatic carbocycles. The van der Waals surface area contributed by atoms with Gasteiger partial charge in [-0.3, -0.25) is 0 Å². The van der Waals surface area contributed by atoms with E-state index < -0.39 is 0 Å². The third-order valence-electron chi connectivity index (χ3n) is 3.70. The molecular formula is C18H21Cl. The lowest BCUT2D eigenvalue weighted by Gasteiger charge is -2.19. The normalized spacial score (nSPS) is 12.5. The Morgan fingerprint density at radius 3 is 2.16 bits per heavy atom. The first-order valence-electron chi connectivity index (χ1n) is 6.84. The van der Waals surface area contributed by atoms with Crippen LogP contribution in [-0.4, -0.2) is 0 Å². The molecule has 1 unspecified atom stereocenters. The number of halogens is 1. The third kappa shape index (κ3) is 2.84. The smallest absolute Gasteiger partial charge is 0.0843 e. The quantitative estimate of drug-likeness (QED) is 0.647. The maximum absolute atomic E-state index is 6.78. The lowest BCUT2D eigenvalue weighted by molar-refractivity contribution is 1.01. The minimum Gasteiger partial charge on any atom is -0.113 e. The number of benzene rings is 2. The number of hydrogen-bond donors (Lipinski definition) is 0. The fourth-order valence-corrected chi connectivity index (χ4v) is 3.41. The summed E-state index contributed by atoms with van der Waals surface area (Å²) in [4.78, 5) is 0. The van der Waals surface area contributed by atoms with Crippen LogP contribution in [0.15, 0.2) is 36.4 Å². The van der Waals surface area contributed by atoms with Gasteiger partial charge in [-0.2, -0.15) is 0 Å². The summed E-state index contributed by atoms with van der Waals surface area (Å²) in [7, 11) is 0. The van der Waals surface area contributed by atoms with E-state index in [-0.39, 0.29) is 5.38 Å². The number of aryl methyl sites for hydroxylation is 4. The highest BCUT2D eigenvalue weighted by Gasteiger charge is 2.18. The molecule has 19 heavy (non-hydrogen) atoms. The number of alkyl halides is 1. The van der Waals surface area contributed by atoms with E-state index in [0.717, 1.165) is 6.42 Å². The topological polar surface area (TPSA) is 0 Å². The number of rotatable bonds is 3. The third-order valence-corrected chi connectivity index (χ3v) is 4.15. The second kappa shape index (κ2) is 5.79. The van der Waals surface area contributed by atoms with E-state index >= 15 is 0 Å². The number of hydrogen-bond acceptors (Lipinski definition) is 0. The van der Waals surface area contributed by atoms with Crippen LogP contribution in [0.2, 0.25) is 0 Å². The molecule has 0 saturated carbocycles. The molecule has 0 nitrogen and oxygen atoms in total. The summed E-state index contributed by atoms with van der Waals surface area (Å²) in [6, 6.07) is 12.9. The first kappa shape index (κ1) is 14.1. The molecule has 0 aliphatic heterocycles. The van der Waals surface area contributed by atoms with Gasteiger partial charge in [0.15, 0.2) is 0 Å². The molecule has 0 bridgehead atoms. The second-order valence-electron chi connectivity index (χ2n) is 5.23. The van der Waals surface area contributed by atoms with E-state index in [1.807, 2.05) is 0 Å². The Bertz CT molecular complexity index is 561. The molecule has 100 valence electrons. The molecule has 0 amide bonds. The predicted molar refractivity (Wildman–Crippen MR) is 84.2 cm³/mol. The van der Waals surface area contributed by atoms with Crippen LogP contribution in [0.25, 0.3) is 0 Å². The lowest BCUT2D eigenvalue weighted by Crippen LogP contribution is -2.03. The lowest BCUT2D eigenvalue weighted by atomic mass is 9.91. The van der Waals surface area contributed by atoms with E-state index in [1.54, 1.807) is 0 Å². The zero-order chi connectivity index (χ0) is 14.0. The minimum atomic E-state index is -0.0586. The molecule has 0 aliphatic rings. The van der Waals surface area contributed by atoms with Crippen LogP contribution in [0.1, 0.15) is 45.7 Å². The van der Waals surface area contributed by atoms with E-state index in [0.29, 0.717) is 0 Å². The summed E-state index contributed by atoms with van der Waals surface area (Å²) >= 11 is 6.78. The Hall–Kier alpha value is -1.27. The molecule has 0 fully saturated rings. The first-order chi connectivity index (χ1) is 9.04. The zero-order valence-electron chi connectivity index (χ0n) is 12.1. The van der Waals surface area contributed by atoms with Gasteiger partial charge in [0, 0.05) is 0 Å². The average Bonchev–Trinajstić information content (AvgIpc) is 2.37. The van der Waals surface area contributed by atoms with E-state index in [2.05, 4.69) is 64.1 Å². The molecule has 2 aromatic carbocycles. The van der Waals surface area contributed by atoms with Crippen molar-refractivity contribution in [2.45, 2.75) is 39.5 Å². The second-order valence-corrected chi connectivity index (χ2v) is 5.66. The van der Waals surface area contributed by atoms with Gasteiger partial charge < -0.3 is 0 Å². The van der Waals surface area contributed by atoms with Gasteiger partial charge in [-0.1, -0.05) is 48.9 Å². The summed E-state index contributed by atoms with van der Waals surface area (Å²) in [6.45, 7) is 8.61. The fraction of sp³-hybridized carbons (Fsp3) is 0.333. The molecular weight excluding hydrogens is 252 g/mol.